The molecule has 4 rings (SSSR count). The summed E-state index contributed by atoms with van der Waals surface area (Å²) in [6.07, 6.45) is 5.58. The Morgan fingerprint density at radius 2 is 1.70 bits per heavy atom. The highest BCUT2D eigenvalue weighted by Gasteiger charge is 2.09. The summed E-state index contributed by atoms with van der Waals surface area (Å²) in [5, 5.41) is 2.34. The molecule has 0 saturated heterocycles. The minimum atomic E-state index is 1.01. The van der Waals surface area contributed by atoms with Crippen LogP contribution in [0.15, 0.2) is 79.3 Å². The molecule has 0 radical (unpaired) electrons. The van der Waals surface area contributed by atoms with Gasteiger partial charge in [0.25, 0.3) is 0 Å². The van der Waals surface area contributed by atoms with Crippen molar-refractivity contribution in [3.8, 4) is 22.4 Å². The molecule has 0 saturated carbocycles. The molecule has 23 heavy (non-hydrogen) atoms. The molecule has 0 N–H and O–H groups in total. The molecule has 2 aromatic heterocycles. The summed E-state index contributed by atoms with van der Waals surface area (Å²) in [4.78, 5) is 8.86. The van der Waals surface area contributed by atoms with E-state index in [0.29, 0.717) is 0 Å². The van der Waals surface area contributed by atoms with E-state index >= 15 is 0 Å². The Kier molecular flexibility index (Phi) is 3.35. The van der Waals surface area contributed by atoms with Crippen molar-refractivity contribution in [2.24, 2.45) is 0 Å². The Morgan fingerprint density at radius 3 is 2.61 bits per heavy atom. The molecule has 0 unspecified atom stereocenters. The van der Waals surface area contributed by atoms with Crippen molar-refractivity contribution in [2.75, 3.05) is 0 Å². The molecular formula is C21H16N2. The maximum absolute atomic E-state index is 4.63. The molecular weight excluding hydrogens is 280 g/mol. The molecule has 0 spiro atoms. The van der Waals surface area contributed by atoms with Crippen LogP contribution in [0.25, 0.3) is 33.2 Å². The van der Waals surface area contributed by atoms with Crippen LogP contribution in [0.1, 0.15) is 5.56 Å². The molecule has 0 bridgehead atoms. The number of nitrogens with zero attached hydrogens (tertiary/aromatic N) is 2. The Bertz CT molecular complexity index is 989. The second kappa shape index (κ2) is 5.65. The van der Waals surface area contributed by atoms with Crippen LogP contribution < -0.4 is 0 Å². The van der Waals surface area contributed by atoms with Crippen LogP contribution in [0.4, 0.5) is 0 Å². The molecule has 0 fully saturated rings. The monoisotopic (exact) mass is 296 g/mol. The van der Waals surface area contributed by atoms with Gasteiger partial charge in [-0.1, -0.05) is 42.0 Å². The van der Waals surface area contributed by atoms with Gasteiger partial charge in [0.05, 0.1) is 5.69 Å². The highest BCUT2D eigenvalue weighted by molar-refractivity contribution is 5.89. The first-order chi connectivity index (χ1) is 11.3. The third kappa shape index (κ3) is 2.59. The maximum Gasteiger partial charge on any atom is 0.0780 e. The van der Waals surface area contributed by atoms with Crippen LogP contribution in [0.5, 0.6) is 0 Å². The number of hydrogen-bond donors (Lipinski definition) is 0. The lowest BCUT2D eigenvalue weighted by molar-refractivity contribution is 1.32. The lowest BCUT2D eigenvalue weighted by atomic mass is 9.97. The van der Waals surface area contributed by atoms with Crippen molar-refractivity contribution in [3.05, 3.63) is 84.8 Å². The van der Waals surface area contributed by atoms with Gasteiger partial charge in [-0.2, -0.15) is 0 Å². The summed E-state index contributed by atoms with van der Waals surface area (Å²) in [7, 11) is 0. The summed E-state index contributed by atoms with van der Waals surface area (Å²) < 4.78 is 0. The van der Waals surface area contributed by atoms with Gasteiger partial charge in [-0.15, -0.1) is 0 Å². The van der Waals surface area contributed by atoms with Gasteiger partial charge in [-0.3, -0.25) is 9.97 Å². The van der Waals surface area contributed by atoms with Gasteiger partial charge < -0.3 is 0 Å². The van der Waals surface area contributed by atoms with E-state index in [-0.39, 0.29) is 0 Å². The Labute approximate surface area is 135 Å². The van der Waals surface area contributed by atoms with Gasteiger partial charge in [0.15, 0.2) is 0 Å². The fraction of sp³-hybridized carbons (Fsp3) is 0.0476. The molecule has 2 aromatic carbocycles. The lowest BCUT2D eigenvalue weighted by Crippen LogP contribution is -1.89. The lowest BCUT2D eigenvalue weighted by Gasteiger charge is -2.10. The molecule has 0 aliphatic rings. The summed E-state index contributed by atoms with van der Waals surface area (Å²) in [5.41, 5.74) is 5.70. The molecule has 2 heterocycles. The number of rotatable bonds is 2. The van der Waals surface area contributed by atoms with Crippen molar-refractivity contribution in [2.45, 2.75) is 6.92 Å². The van der Waals surface area contributed by atoms with Gasteiger partial charge in [-0.05, 0) is 42.1 Å². The number of aryl methyl sites for hydroxylation is 1. The number of aromatic nitrogens is 2. The minimum Gasteiger partial charge on any atom is -0.264 e. The van der Waals surface area contributed by atoms with Gasteiger partial charge in [-0.25, -0.2) is 0 Å². The standard InChI is InChI=1S/C21H16N2/c1-15-4-2-5-18(12-15)21-20(6-3-10-23-21)17-8-7-16-9-11-22-14-19(16)13-17/h2-14H,1H3. The summed E-state index contributed by atoms with van der Waals surface area (Å²) >= 11 is 0. The van der Waals surface area contributed by atoms with E-state index in [1.807, 2.05) is 30.7 Å². The van der Waals surface area contributed by atoms with Gasteiger partial charge >= 0.3 is 0 Å². The minimum absolute atomic E-state index is 1.01. The van der Waals surface area contributed by atoms with Crippen molar-refractivity contribution < 1.29 is 0 Å². The number of fused-ring (bicyclic) bond motifs is 1. The molecule has 0 aliphatic carbocycles. The van der Waals surface area contributed by atoms with Crippen LogP contribution in [0.3, 0.4) is 0 Å². The molecule has 2 nitrogen and oxygen atoms in total. The maximum atomic E-state index is 4.63. The largest absolute Gasteiger partial charge is 0.264 e. The van der Waals surface area contributed by atoms with E-state index < -0.39 is 0 Å². The fourth-order valence-electron chi connectivity index (χ4n) is 2.91. The van der Waals surface area contributed by atoms with Gasteiger partial charge in [0, 0.05) is 35.1 Å². The first kappa shape index (κ1) is 13.6. The topological polar surface area (TPSA) is 25.8 Å². The Morgan fingerprint density at radius 1 is 0.739 bits per heavy atom. The fourth-order valence-corrected chi connectivity index (χ4v) is 2.91. The highest BCUT2D eigenvalue weighted by atomic mass is 14.7. The zero-order valence-corrected chi connectivity index (χ0v) is 12.9. The Balaban J connectivity index is 1.91. The quantitative estimate of drug-likeness (QED) is 0.503. The van der Waals surface area contributed by atoms with Crippen LogP contribution >= 0.6 is 0 Å². The summed E-state index contributed by atoms with van der Waals surface area (Å²) in [6, 6.07) is 21.1. The Hall–Kier alpha value is -3.00. The first-order valence-electron chi connectivity index (χ1n) is 7.67. The zero-order chi connectivity index (χ0) is 15.6. The van der Waals surface area contributed by atoms with Crippen molar-refractivity contribution in [3.63, 3.8) is 0 Å². The van der Waals surface area contributed by atoms with E-state index in [9.17, 15) is 0 Å². The van der Waals surface area contributed by atoms with Crippen LogP contribution in [0.2, 0.25) is 0 Å². The average molecular weight is 296 g/mol. The zero-order valence-electron chi connectivity index (χ0n) is 12.9. The SMILES string of the molecule is Cc1cccc(-c2ncccc2-c2ccc3ccncc3c2)c1. The summed E-state index contributed by atoms with van der Waals surface area (Å²) in [5.74, 6) is 0. The molecule has 110 valence electrons. The van der Waals surface area contributed by atoms with E-state index in [1.54, 1.807) is 0 Å². The van der Waals surface area contributed by atoms with Crippen LogP contribution in [0, 0.1) is 6.92 Å². The highest BCUT2D eigenvalue weighted by Crippen LogP contribution is 2.32. The van der Waals surface area contributed by atoms with Crippen molar-refractivity contribution in [1.82, 2.24) is 9.97 Å². The molecule has 0 atom stereocenters. The predicted octanol–water partition coefficient (Wildman–Crippen LogP) is 5.27. The van der Waals surface area contributed by atoms with Crippen LogP contribution in [-0.4, -0.2) is 9.97 Å². The van der Waals surface area contributed by atoms with E-state index in [4.69, 9.17) is 0 Å². The molecule has 4 aromatic rings. The van der Waals surface area contributed by atoms with Gasteiger partial charge in [0.1, 0.15) is 0 Å². The molecule has 2 heteroatoms. The number of hydrogen-bond acceptors (Lipinski definition) is 2. The first-order valence-corrected chi connectivity index (χ1v) is 7.67. The van der Waals surface area contributed by atoms with E-state index in [2.05, 4.69) is 65.4 Å². The van der Waals surface area contributed by atoms with Gasteiger partial charge in [0.2, 0.25) is 0 Å². The third-order valence-electron chi connectivity index (χ3n) is 4.05. The van der Waals surface area contributed by atoms with E-state index in [0.717, 1.165) is 27.8 Å². The average Bonchev–Trinajstić information content (AvgIpc) is 2.61. The smallest absolute Gasteiger partial charge is 0.0780 e. The predicted molar refractivity (Wildman–Crippen MR) is 95.1 cm³/mol. The normalized spacial score (nSPS) is 10.8. The van der Waals surface area contributed by atoms with Crippen molar-refractivity contribution in [1.29, 1.82) is 0 Å². The van der Waals surface area contributed by atoms with Crippen LogP contribution in [-0.2, 0) is 0 Å². The second-order valence-corrected chi connectivity index (χ2v) is 5.71. The van der Waals surface area contributed by atoms with E-state index in [1.165, 1.54) is 10.9 Å². The molecule has 0 amide bonds. The number of pyridine rings is 2. The third-order valence-corrected chi connectivity index (χ3v) is 4.05. The second-order valence-electron chi connectivity index (χ2n) is 5.71. The number of benzene rings is 2. The molecule has 0 aliphatic heterocycles. The summed E-state index contributed by atoms with van der Waals surface area (Å²) in [6.45, 7) is 2.10. The van der Waals surface area contributed by atoms with Crippen molar-refractivity contribution >= 4 is 10.8 Å².